The molecule has 1 fully saturated rings. The summed E-state index contributed by atoms with van der Waals surface area (Å²) in [6.07, 6.45) is 2.18. The van der Waals surface area contributed by atoms with Crippen LogP contribution < -0.4 is 0 Å². The predicted octanol–water partition coefficient (Wildman–Crippen LogP) is 1.79. The van der Waals surface area contributed by atoms with Crippen molar-refractivity contribution in [2.24, 2.45) is 0 Å². The SMILES string of the molecule is CCC1=C(C)CN(C(=O)N2CCN(C)CC2)CC1. The Morgan fingerprint density at radius 2 is 1.78 bits per heavy atom. The highest BCUT2D eigenvalue weighted by Crippen LogP contribution is 2.21. The van der Waals surface area contributed by atoms with Crippen LogP contribution >= 0.6 is 0 Å². The van der Waals surface area contributed by atoms with Gasteiger partial charge in [0, 0.05) is 39.3 Å². The molecule has 0 aromatic carbocycles. The molecule has 0 aliphatic carbocycles. The third-order valence-corrected chi connectivity index (χ3v) is 4.19. The number of hydrogen-bond acceptors (Lipinski definition) is 2. The molecule has 4 heteroatoms. The van der Waals surface area contributed by atoms with Gasteiger partial charge in [0.2, 0.25) is 0 Å². The summed E-state index contributed by atoms with van der Waals surface area (Å²) >= 11 is 0. The van der Waals surface area contributed by atoms with Gasteiger partial charge in [0.25, 0.3) is 0 Å². The lowest BCUT2D eigenvalue weighted by molar-refractivity contribution is 0.123. The molecule has 0 saturated carbocycles. The molecule has 0 radical (unpaired) electrons. The number of piperazine rings is 1. The van der Waals surface area contributed by atoms with E-state index in [1.165, 1.54) is 11.1 Å². The molecule has 2 heterocycles. The number of nitrogens with zero attached hydrogens (tertiary/aromatic N) is 3. The molecule has 2 rings (SSSR count). The highest BCUT2D eigenvalue weighted by atomic mass is 16.2. The summed E-state index contributed by atoms with van der Waals surface area (Å²) in [7, 11) is 2.11. The van der Waals surface area contributed by atoms with Crippen molar-refractivity contribution in [1.29, 1.82) is 0 Å². The van der Waals surface area contributed by atoms with Gasteiger partial charge in [0.05, 0.1) is 0 Å². The largest absolute Gasteiger partial charge is 0.322 e. The standard InChI is InChI=1S/C14H25N3O/c1-4-13-5-6-17(11-12(13)2)14(18)16-9-7-15(3)8-10-16/h4-11H2,1-3H3. The molecular formula is C14H25N3O. The maximum atomic E-state index is 12.4. The summed E-state index contributed by atoms with van der Waals surface area (Å²) in [5.74, 6) is 0. The van der Waals surface area contributed by atoms with Crippen molar-refractivity contribution >= 4 is 6.03 Å². The van der Waals surface area contributed by atoms with E-state index in [9.17, 15) is 4.79 Å². The van der Waals surface area contributed by atoms with Crippen LogP contribution in [0.25, 0.3) is 0 Å². The molecule has 102 valence electrons. The third kappa shape index (κ3) is 2.86. The second-order valence-electron chi connectivity index (χ2n) is 5.48. The Kier molecular flexibility index (Phi) is 4.27. The van der Waals surface area contributed by atoms with Crippen molar-refractivity contribution in [3.8, 4) is 0 Å². The second-order valence-corrected chi connectivity index (χ2v) is 5.48. The van der Waals surface area contributed by atoms with Crippen molar-refractivity contribution in [2.45, 2.75) is 26.7 Å². The van der Waals surface area contributed by atoms with Crippen molar-refractivity contribution in [3.63, 3.8) is 0 Å². The Bertz CT molecular complexity index is 343. The molecule has 0 aromatic heterocycles. The van der Waals surface area contributed by atoms with Gasteiger partial charge in [-0.2, -0.15) is 0 Å². The van der Waals surface area contributed by atoms with Gasteiger partial charge in [-0.1, -0.05) is 18.1 Å². The monoisotopic (exact) mass is 251 g/mol. The molecule has 0 spiro atoms. The van der Waals surface area contributed by atoms with Gasteiger partial charge in [-0.05, 0) is 26.8 Å². The number of urea groups is 1. The maximum Gasteiger partial charge on any atom is 0.320 e. The minimum absolute atomic E-state index is 0.234. The molecule has 2 aliphatic heterocycles. The first-order valence-electron chi connectivity index (χ1n) is 7.01. The average Bonchev–Trinajstić information content (AvgIpc) is 2.38. The lowest BCUT2D eigenvalue weighted by Crippen LogP contribution is -2.52. The Labute approximate surface area is 110 Å². The van der Waals surface area contributed by atoms with Crippen LogP contribution in [0.2, 0.25) is 0 Å². The zero-order valence-electron chi connectivity index (χ0n) is 11.9. The normalized spacial score (nSPS) is 22.6. The smallest absolute Gasteiger partial charge is 0.320 e. The van der Waals surface area contributed by atoms with Crippen LogP contribution in [-0.2, 0) is 0 Å². The van der Waals surface area contributed by atoms with E-state index in [1.807, 2.05) is 9.80 Å². The minimum atomic E-state index is 0.234. The Balaban J connectivity index is 1.93. The Hall–Kier alpha value is -1.03. The fourth-order valence-electron chi connectivity index (χ4n) is 2.80. The summed E-state index contributed by atoms with van der Waals surface area (Å²) in [5, 5.41) is 0. The van der Waals surface area contributed by atoms with Gasteiger partial charge in [0.1, 0.15) is 0 Å². The average molecular weight is 251 g/mol. The summed E-state index contributed by atoms with van der Waals surface area (Å²) < 4.78 is 0. The lowest BCUT2D eigenvalue weighted by Gasteiger charge is -2.38. The van der Waals surface area contributed by atoms with Crippen LogP contribution in [0.3, 0.4) is 0 Å². The second kappa shape index (κ2) is 5.74. The summed E-state index contributed by atoms with van der Waals surface area (Å²) in [6, 6.07) is 0.234. The van der Waals surface area contributed by atoms with E-state index in [2.05, 4.69) is 25.8 Å². The number of hydrogen-bond donors (Lipinski definition) is 0. The molecular weight excluding hydrogens is 226 g/mol. The first-order chi connectivity index (χ1) is 8.61. The molecule has 0 atom stereocenters. The first-order valence-corrected chi connectivity index (χ1v) is 7.01. The Morgan fingerprint density at radius 1 is 1.11 bits per heavy atom. The predicted molar refractivity (Wildman–Crippen MR) is 73.6 cm³/mol. The zero-order chi connectivity index (χ0) is 13.1. The number of carbonyl (C=O) groups is 1. The molecule has 0 N–H and O–H groups in total. The molecule has 1 saturated heterocycles. The quantitative estimate of drug-likeness (QED) is 0.664. The van der Waals surface area contributed by atoms with E-state index in [0.717, 1.165) is 52.1 Å². The summed E-state index contributed by atoms with van der Waals surface area (Å²) in [6.45, 7) is 9.83. The van der Waals surface area contributed by atoms with E-state index < -0.39 is 0 Å². The van der Waals surface area contributed by atoms with Crippen molar-refractivity contribution in [3.05, 3.63) is 11.1 Å². The van der Waals surface area contributed by atoms with E-state index in [4.69, 9.17) is 0 Å². The summed E-state index contributed by atoms with van der Waals surface area (Å²) in [4.78, 5) is 18.7. The zero-order valence-corrected chi connectivity index (χ0v) is 11.9. The van der Waals surface area contributed by atoms with Crippen LogP contribution in [0.15, 0.2) is 11.1 Å². The van der Waals surface area contributed by atoms with Crippen molar-refractivity contribution in [1.82, 2.24) is 14.7 Å². The fourth-order valence-corrected chi connectivity index (χ4v) is 2.80. The minimum Gasteiger partial charge on any atom is -0.322 e. The van der Waals surface area contributed by atoms with Crippen LogP contribution in [-0.4, -0.2) is 67.0 Å². The number of likely N-dealkylation sites (N-methyl/N-ethyl adjacent to an activating group) is 1. The van der Waals surface area contributed by atoms with Crippen molar-refractivity contribution in [2.75, 3.05) is 46.3 Å². The van der Waals surface area contributed by atoms with E-state index in [0.29, 0.717) is 0 Å². The molecule has 2 aliphatic rings. The first kappa shape index (κ1) is 13.4. The molecule has 0 aromatic rings. The topological polar surface area (TPSA) is 26.8 Å². The number of amides is 2. The third-order valence-electron chi connectivity index (χ3n) is 4.19. The molecule has 2 amide bonds. The van der Waals surface area contributed by atoms with Crippen LogP contribution in [0.1, 0.15) is 26.7 Å². The fraction of sp³-hybridized carbons (Fsp3) is 0.786. The van der Waals surface area contributed by atoms with Crippen molar-refractivity contribution < 1.29 is 4.79 Å². The lowest BCUT2D eigenvalue weighted by atomic mass is 9.99. The van der Waals surface area contributed by atoms with Crippen LogP contribution in [0.4, 0.5) is 4.79 Å². The van der Waals surface area contributed by atoms with Gasteiger partial charge >= 0.3 is 6.03 Å². The van der Waals surface area contributed by atoms with E-state index in [-0.39, 0.29) is 6.03 Å². The van der Waals surface area contributed by atoms with E-state index in [1.54, 1.807) is 0 Å². The van der Waals surface area contributed by atoms with Gasteiger partial charge in [0.15, 0.2) is 0 Å². The number of rotatable bonds is 1. The van der Waals surface area contributed by atoms with Crippen LogP contribution in [0.5, 0.6) is 0 Å². The highest BCUT2D eigenvalue weighted by Gasteiger charge is 2.26. The molecule has 4 nitrogen and oxygen atoms in total. The van der Waals surface area contributed by atoms with E-state index >= 15 is 0 Å². The maximum absolute atomic E-state index is 12.4. The highest BCUT2D eigenvalue weighted by molar-refractivity contribution is 5.75. The van der Waals surface area contributed by atoms with Crippen LogP contribution in [0, 0.1) is 0 Å². The molecule has 18 heavy (non-hydrogen) atoms. The van der Waals surface area contributed by atoms with Gasteiger partial charge in [-0.3, -0.25) is 0 Å². The van der Waals surface area contributed by atoms with Gasteiger partial charge in [-0.25, -0.2) is 4.79 Å². The van der Waals surface area contributed by atoms with Gasteiger partial charge in [-0.15, -0.1) is 0 Å². The molecule has 0 unspecified atom stereocenters. The molecule has 0 bridgehead atoms. The Morgan fingerprint density at radius 3 is 2.33 bits per heavy atom. The summed E-state index contributed by atoms with van der Waals surface area (Å²) in [5.41, 5.74) is 2.93. The van der Waals surface area contributed by atoms with Gasteiger partial charge < -0.3 is 14.7 Å². The number of carbonyl (C=O) groups excluding carboxylic acids is 1.